The minimum absolute atomic E-state index is 0.0833. The first kappa shape index (κ1) is 17.1. The zero-order chi connectivity index (χ0) is 16.8. The Bertz CT molecular complexity index is 651. The highest BCUT2D eigenvalue weighted by Gasteiger charge is 2.13. The Labute approximate surface area is 139 Å². The molecule has 0 aliphatic heterocycles. The summed E-state index contributed by atoms with van der Waals surface area (Å²) in [5.41, 5.74) is 1.07. The topological polar surface area (TPSA) is 67.8 Å². The smallest absolute Gasteiger partial charge is 0.251 e. The molecule has 0 aliphatic carbocycles. The zero-order valence-electron chi connectivity index (χ0n) is 12.9. The van der Waals surface area contributed by atoms with Gasteiger partial charge in [-0.3, -0.25) is 4.79 Å². The van der Waals surface area contributed by atoms with E-state index in [0.29, 0.717) is 27.6 Å². The van der Waals surface area contributed by atoms with Gasteiger partial charge in [0.15, 0.2) is 0 Å². The lowest BCUT2D eigenvalue weighted by molar-refractivity contribution is 0.0915. The average molecular weight is 336 g/mol. The highest BCUT2D eigenvalue weighted by Crippen LogP contribution is 2.22. The SMILES string of the molecule is COc1cc(OC)cc(C(=O)NC[C@@H](O)c2ccc(Cl)cc2)c1. The van der Waals surface area contributed by atoms with Gasteiger partial charge in [0.2, 0.25) is 0 Å². The minimum Gasteiger partial charge on any atom is -0.497 e. The second-order valence-electron chi connectivity index (χ2n) is 4.88. The summed E-state index contributed by atoms with van der Waals surface area (Å²) >= 11 is 5.81. The predicted octanol–water partition coefficient (Wildman–Crippen LogP) is 2.82. The average Bonchev–Trinajstić information content (AvgIpc) is 2.59. The van der Waals surface area contributed by atoms with Gasteiger partial charge in [-0.15, -0.1) is 0 Å². The summed E-state index contributed by atoms with van der Waals surface area (Å²) in [5.74, 6) is 0.718. The first-order chi connectivity index (χ1) is 11.0. The molecule has 0 saturated heterocycles. The number of hydrogen-bond acceptors (Lipinski definition) is 4. The molecule has 1 atom stereocenters. The van der Waals surface area contributed by atoms with Crippen molar-refractivity contribution in [3.8, 4) is 11.5 Å². The van der Waals surface area contributed by atoms with E-state index in [2.05, 4.69) is 5.32 Å². The number of carbonyl (C=O) groups is 1. The minimum atomic E-state index is -0.816. The number of rotatable bonds is 6. The lowest BCUT2D eigenvalue weighted by atomic mass is 10.1. The van der Waals surface area contributed by atoms with Gasteiger partial charge in [0.25, 0.3) is 5.91 Å². The van der Waals surface area contributed by atoms with Gasteiger partial charge >= 0.3 is 0 Å². The van der Waals surface area contributed by atoms with Crippen molar-refractivity contribution in [2.75, 3.05) is 20.8 Å². The number of aliphatic hydroxyl groups excluding tert-OH is 1. The van der Waals surface area contributed by atoms with Crippen LogP contribution in [0.2, 0.25) is 5.02 Å². The van der Waals surface area contributed by atoms with Gasteiger partial charge in [0, 0.05) is 23.2 Å². The molecular formula is C17H18ClNO4. The van der Waals surface area contributed by atoms with Crippen molar-refractivity contribution in [2.45, 2.75) is 6.10 Å². The molecule has 0 aliphatic rings. The second kappa shape index (κ2) is 7.85. The van der Waals surface area contributed by atoms with Crippen molar-refractivity contribution < 1.29 is 19.4 Å². The van der Waals surface area contributed by atoms with Gasteiger partial charge in [-0.25, -0.2) is 0 Å². The number of nitrogens with one attached hydrogen (secondary N) is 1. The van der Waals surface area contributed by atoms with Crippen molar-refractivity contribution >= 4 is 17.5 Å². The molecule has 5 nitrogen and oxygen atoms in total. The molecule has 2 aromatic rings. The standard InChI is InChI=1S/C17H18ClNO4/c1-22-14-7-12(8-15(9-14)23-2)17(21)19-10-16(20)11-3-5-13(18)6-4-11/h3-9,16,20H,10H2,1-2H3,(H,19,21)/t16-/m1/s1. The molecule has 0 spiro atoms. The van der Waals surface area contributed by atoms with Crippen molar-refractivity contribution in [1.29, 1.82) is 0 Å². The highest BCUT2D eigenvalue weighted by molar-refractivity contribution is 6.30. The van der Waals surface area contributed by atoms with E-state index in [0.717, 1.165) is 0 Å². The fourth-order valence-electron chi connectivity index (χ4n) is 2.03. The molecule has 0 aromatic heterocycles. The molecule has 2 aromatic carbocycles. The summed E-state index contributed by atoms with van der Waals surface area (Å²) in [6.45, 7) is 0.0833. The Morgan fingerprint density at radius 3 is 2.22 bits per heavy atom. The summed E-state index contributed by atoms with van der Waals surface area (Å²) in [7, 11) is 3.03. The van der Waals surface area contributed by atoms with E-state index >= 15 is 0 Å². The number of benzene rings is 2. The van der Waals surface area contributed by atoms with Crippen LogP contribution in [0.15, 0.2) is 42.5 Å². The van der Waals surface area contributed by atoms with Gasteiger partial charge in [0.1, 0.15) is 11.5 Å². The first-order valence-electron chi connectivity index (χ1n) is 6.98. The summed E-state index contributed by atoms with van der Waals surface area (Å²) in [5, 5.41) is 13.4. The molecule has 2 rings (SSSR count). The Morgan fingerprint density at radius 2 is 1.70 bits per heavy atom. The molecule has 0 unspecified atom stereocenters. The number of halogens is 1. The lowest BCUT2D eigenvalue weighted by Crippen LogP contribution is -2.28. The number of hydrogen-bond donors (Lipinski definition) is 2. The van der Waals surface area contributed by atoms with E-state index < -0.39 is 6.10 Å². The first-order valence-corrected chi connectivity index (χ1v) is 7.36. The van der Waals surface area contributed by atoms with Crippen LogP contribution < -0.4 is 14.8 Å². The van der Waals surface area contributed by atoms with Crippen molar-refractivity contribution in [2.24, 2.45) is 0 Å². The zero-order valence-corrected chi connectivity index (χ0v) is 13.6. The number of carbonyl (C=O) groups excluding carboxylic acids is 1. The maximum absolute atomic E-state index is 12.2. The molecule has 0 heterocycles. The number of amides is 1. The number of methoxy groups -OCH3 is 2. The van der Waals surface area contributed by atoms with Gasteiger partial charge in [-0.05, 0) is 29.8 Å². The van der Waals surface area contributed by atoms with Gasteiger partial charge in [-0.2, -0.15) is 0 Å². The maximum Gasteiger partial charge on any atom is 0.251 e. The van der Waals surface area contributed by atoms with E-state index in [4.69, 9.17) is 21.1 Å². The Hall–Kier alpha value is -2.24. The van der Waals surface area contributed by atoms with Gasteiger partial charge < -0.3 is 19.9 Å². The Morgan fingerprint density at radius 1 is 1.13 bits per heavy atom. The maximum atomic E-state index is 12.2. The highest BCUT2D eigenvalue weighted by atomic mass is 35.5. The van der Waals surface area contributed by atoms with E-state index in [-0.39, 0.29) is 12.5 Å². The fourth-order valence-corrected chi connectivity index (χ4v) is 2.16. The monoisotopic (exact) mass is 335 g/mol. The van der Waals surface area contributed by atoms with E-state index in [1.165, 1.54) is 14.2 Å². The molecule has 1 amide bonds. The summed E-state index contributed by atoms with van der Waals surface area (Å²) in [6, 6.07) is 11.7. The van der Waals surface area contributed by atoms with Gasteiger partial charge in [0.05, 0.1) is 20.3 Å². The third-order valence-corrected chi connectivity index (χ3v) is 3.58. The molecule has 0 saturated carbocycles. The van der Waals surface area contributed by atoms with E-state index in [9.17, 15) is 9.90 Å². The number of aliphatic hydroxyl groups is 1. The van der Waals surface area contributed by atoms with Crippen LogP contribution in [0.5, 0.6) is 11.5 Å². The van der Waals surface area contributed by atoms with E-state index in [1.807, 2.05) is 0 Å². The molecule has 122 valence electrons. The molecule has 0 bridgehead atoms. The van der Waals surface area contributed by atoms with Crippen molar-refractivity contribution in [3.63, 3.8) is 0 Å². The van der Waals surface area contributed by atoms with E-state index in [1.54, 1.807) is 42.5 Å². The third kappa shape index (κ3) is 4.61. The largest absolute Gasteiger partial charge is 0.497 e. The van der Waals surface area contributed by atoms with Crippen LogP contribution in [-0.4, -0.2) is 31.8 Å². The molecule has 2 N–H and O–H groups in total. The predicted molar refractivity (Wildman–Crippen MR) is 88.3 cm³/mol. The van der Waals surface area contributed by atoms with Crippen LogP contribution in [0.1, 0.15) is 22.0 Å². The third-order valence-electron chi connectivity index (χ3n) is 3.32. The van der Waals surface area contributed by atoms with Crippen molar-refractivity contribution in [1.82, 2.24) is 5.32 Å². The fraction of sp³-hybridized carbons (Fsp3) is 0.235. The lowest BCUT2D eigenvalue weighted by Gasteiger charge is -2.13. The van der Waals surface area contributed by atoms with Crippen LogP contribution >= 0.6 is 11.6 Å². The van der Waals surface area contributed by atoms with Crippen LogP contribution in [0.25, 0.3) is 0 Å². The van der Waals surface area contributed by atoms with Crippen molar-refractivity contribution in [3.05, 3.63) is 58.6 Å². The Kier molecular flexibility index (Phi) is 5.84. The normalized spacial score (nSPS) is 11.7. The van der Waals surface area contributed by atoms with Crippen LogP contribution in [0, 0.1) is 0 Å². The summed E-state index contributed by atoms with van der Waals surface area (Å²) in [6.07, 6.45) is -0.816. The second-order valence-corrected chi connectivity index (χ2v) is 5.32. The molecule has 0 radical (unpaired) electrons. The van der Waals surface area contributed by atoms with Crippen LogP contribution in [-0.2, 0) is 0 Å². The van der Waals surface area contributed by atoms with Crippen LogP contribution in [0.3, 0.4) is 0 Å². The summed E-state index contributed by atoms with van der Waals surface area (Å²) < 4.78 is 10.3. The van der Waals surface area contributed by atoms with Crippen LogP contribution in [0.4, 0.5) is 0 Å². The molecule has 23 heavy (non-hydrogen) atoms. The summed E-state index contributed by atoms with van der Waals surface area (Å²) in [4.78, 5) is 12.2. The molecule has 0 fully saturated rings. The molecular weight excluding hydrogens is 318 g/mol. The quantitative estimate of drug-likeness (QED) is 0.851. The number of ether oxygens (including phenoxy) is 2. The molecule has 6 heteroatoms. The Balaban J connectivity index is 2.03. The van der Waals surface area contributed by atoms with Gasteiger partial charge in [-0.1, -0.05) is 23.7 Å².